The van der Waals surface area contributed by atoms with Crippen LogP contribution in [0.5, 0.6) is 0 Å². The first-order valence-electron chi connectivity index (χ1n) is 12.2. The highest BCUT2D eigenvalue weighted by Crippen LogP contribution is 2.43. The Morgan fingerprint density at radius 2 is 1.60 bits per heavy atom. The number of imidazole rings is 1. The normalized spacial score (nSPS) is 24.7. The van der Waals surface area contributed by atoms with Crippen LogP contribution in [0.25, 0.3) is 16.8 Å². The topological polar surface area (TPSA) is 88.6 Å². The van der Waals surface area contributed by atoms with Crippen LogP contribution in [0.2, 0.25) is 36.3 Å². The number of halogens is 1. The molecule has 0 aromatic carbocycles. The third kappa shape index (κ3) is 4.70. The van der Waals surface area contributed by atoms with Crippen molar-refractivity contribution in [3.8, 4) is 0 Å². The van der Waals surface area contributed by atoms with Crippen LogP contribution in [0.4, 0.5) is 4.39 Å². The Balaban J connectivity index is 1.67. The van der Waals surface area contributed by atoms with Gasteiger partial charge in [0, 0.05) is 0 Å². The molecule has 4 atom stereocenters. The van der Waals surface area contributed by atoms with Crippen LogP contribution < -0.4 is 0 Å². The molecule has 1 saturated heterocycles. The summed E-state index contributed by atoms with van der Waals surface area (Å²) < 4.78 is 39.0. The van der Waals surface area contributed by atoms with Gasteiger partial charge in [0.25, 0.3) is 0 Å². The maximum Gasteiger partial charge on any atom is 0.192 e. The maximum atomic E-state index is 16.2. The number of alkyl halides is 1. The summed E-state index contributed by atoms with van der Waals surface area (Å²) in [6, 6.07) is 0. The van der Waals surface area contributed by atoms with Gasteiger partial charge in [-0.25, -0.2) is 14.4 Å². The third-order valence-corrected chi connectivity index (χ3v) is 17.0. The monoisotopic (exact) mass is 522 g/mol. The van der Waals surface area contributed by atoms with Gasteiger partial charge >= 0.3 is 0 Å². The second-order valence-electron chi connectivity index (χ2n) is 12.6. The van der Waals surface area contributed by atoms with Crippen molar-refractivity contribution in [2.45, 2.75) is 102 Å². The average Bonchev–Trinajstić information content (AvgIpc) is 3.42. The Labute approximate surface area is 208 Å². The molecule has 1 fully saturated rings. The molecule has 0 aliphatic carbocycles. The summed E-state index contributed by atoms with van der Waals surface area (Å²) in [6.07, 6.45) is 1.07. The van der Waals surface area contributed by atoms with Crippen LogP contribution in [0, 0.1) is 0 Å². The van der Waals surface area contributed by atoms with E-state index in [-0.39, 0.29) is 16.7 Å². The molecule has 12 heteroatoms. The summed E-state index contributed by atoms with van der Waals surface area (Å²) in [7, 11) is -4.36. The molecule has 4 rings (SSSR count). The lowest BCUT2D eigenvalue weighted by molar-refractivity contribution is -0.0421. The zero-order valence-corrected chi connectivity index (χ0v) is 24.5. The lowest BCUT2D eigenvalue weighted by Gasteiger charge is -2.40. The average molecular weight is 523 g/mol. The number of rotatable bonds is 6. The molecule has 2 unspecified atom stereocenters. The minimum absolute atomic E-state index is 0.0317. The predicted octanol–water partition coefficient (Wildman–Crippen LogP) is 5.12. The van der Waals surface area contributed by atoms with Gasteiger partial charge in [-0.2, -0.15) is 0 Å². The van der Waals surface area contributed by atoms with Crippen LogP contribution in [-0.4, -0.2) is 70.8 Å². The van der Waals surface area contributed by atoms with Crippen molar-refractivity contribution in [1.29, 1.82) is 0 Å². The highest BCUT2D eigenvalue weighted by atomic mass is 28.4. The van der Waals surface area contributed by atoms with Gasteiger partial charge in [0.2, 0.25) is 0 Å². The molecule has 4 heterocycles. The molecule has 0 saturated carbocycles. The summed E-state index contributed by atoms with van der Waals surface area (Å²) in [5, 5.41) is 8.00. The van der Waals surface area contributed by atoms with E-state index in [9.17, 15) is 0 Å². The van der Waals surface area contributed by atoms with E-state index in [2.05, 4.69) is 87.9 Å². The summed E-state index contributed by atoms with van der Waals surface area (Å²) in [5.74, 6) is 0. The van der Waals surface area contributed by atoms with Crippen LogP contribution in [0.15, 0.2) is 19.0 Å². The molecule has 35 heavy (non-hydrogen) atoms. The van der Waals surface area contributed by atoms with Crippen molar-refractivity contribution in [3.63, 3.8) is 0 Å². The molecular formula is C23H39FN6O3Si2. The fourth-order valence-corrected chi connectivity index (χ4v) is 5.99. The zero-order chi connectivity index (χ0) is 26.0. The van der Waals surface area contributed by atoms with Gasteiger partial charge in [0.05, 0.1) is 12.9 Å². The summed E-state index contributed by atoms with van der Waals surface area (Å²) in [4.78, 5) is 8.94. The first kappa shape index (κ1) is 26.3. The smallest absolute Gasteiger partial charge is 0.192 e. The van der Waals surface area contributed by atoms with Crippen molar-refractivity contribution < 1.29 is 18.0 Å². The Morgan fingerprint density at radius 1 is 0.943 bits per heavy atom. The molecule has 0 bridgehead atoms. The first-order valence-corrected chi connectivity index (χ1v) is 18.0. The van der Waals surface area contributed by atoms with Crippen LogP contribution >= 0.6 is 0 Å². The van der Waals surface area contributed by atoms with E-state index in [4.69, 9.17) is 13.6 Å². The van der Waals surface area contributed by atoms with E-state index in [0.29, 0.717) is 16.8 Å². The molecule has 3 aromatic rings. The molecule has 0 N–H and O–H groups in total. The molecule has 1 aliphatic heterocycles. The van der Waals surface area contributed by atoms with Crippen molar-refractivity contribution in [2.24, 2.45) is 0 Å². The molecular weight excluding hydrogens is 483 g/mol. The van der Waals surface area contributed by atoms with E-state index >= 15 is 4.39 Å². The van der Waals surface area contributed by atoms with E-state index in [0.717, 1.165) is 0 Å². The minimum atomic E-state index is -2.29. The fourth-order valence-electron chi connectivity index (χ4n) is 3.66. The van der Waals surface area contributed by atoms with Crippen molar-refractivity contribution in [3.05, 3.63) is 19.0 Å². The van der Waals surface area contributed by atoms with Gasteiger partial charge in [0.15, 0.2) is 45.8 Å². The SMILES string of the molecule is CC(C)(C)[Si](C)(C)OCC1O[C@@H](n2cnc3c2ncn2cnnc32)[C@H](F)C1O[Si](C)(C)C(C)(C)C. The van der Waals surface area contributed by atoms with Gasteiger partial charge < -0.3 is 13.6 Å². The second kappa shape index (κ2) is 8.68. The maximum absolute atomic E-state index is 16.2. The van der Waals surface area contributed by atoms with Crippen molar-refractivity contribution >= 4 is 33.4 Å². The van der Waals surface area contributed by atoms with Crippen molar-refractivity contribution in [1.82, 2.24) is 29.1 Å². The molecule has 0 radical (unpaired) electrons. The van der Waals surface area contributed by atoms with Gasteiger partial charge in [-0.3, -0.25) is 8.97 Å². The van der Waals surface area contributed by atoms with Crippen molar-refractivity contribution in [2.75, 3.05) is 6.61 Å². The Bertz CT molecular complexity index is 1200. The summed E-state index contributed by atoms with van der Waals surface area (Å²) >= 11 is 0. The number of nitrogens with zero attached hydrogens (tertiary/aromatic N) is 6. The lowest BCUT2D eigenvalue weighted by atomic mass is 10.1. The van der Waals surface area contributed by atoms with E-state index in [1.54, 1.807) is 27.9 Å². The first-order chi connectivity index (χ1) is 16.0. The number of aromatic nitrogens is 6. The Hall–Kier alpha value is -1.74. The Kier molecular flexibility index (Phi) is 6.53. The van der Waals surface area contributed by atoms with Gasteiger partial charge in [-0.15, -0.1) is 10.2 Å². The molecule has 3 aromatic heterocycles. The predicted molar refractivity (Wildman–Crippen MR) is 138 cm³/mol. The van der Waals surface area contributed by atoms with Crippen LogP contribution in [0.3, 0.4) is 0 Å². The molecule has 0 spiro atoms. The number of hydrogen-bond donors (Lipinski definition) is 0. The van der Waals surface area contributed by atoms with Gasteiger partial charge in [-0.05, 0) is 36.3 Å². The standard InChI is InChI=1S/C23H39FN6O3Si2/c1-22(2,3)34(7,8)31-11-15-18(33-35(9,10)23(4,5)6)16(24)21(32-15)30-13-25-17-19(30)26-12-29-14-27-28-20(17)29/h12-16,18,21H,11H2,1-10H3/t15?,16-,18?,21-/m1/s1. The number of fused-ring (bicyclic) bond motifs is 3. The van der Waals surface area contributed by atoms with E-state index in [1.165, 1.54) is 0 Å². The number of hydrogen-bond acceptors (Lipinski definition) is 7. The molecule has 194 valence electrons. The second-order valence-corrected chi connectivity index (χ2v) is 22.1. The van der Waals surface area contributed by atoms with E-state index < -0.39 is 41.2 Å². The van der Waals surface area contributed by atoms with Crippen LogP contribution in [-0.2, 0) is 13.6 Å². The molecule has 1 aliphatic rings. The quantitative estimate of drug-likeness (QED) is 0.415. The van der Waals surface area contributed by atoms with Gasteiger partial charge in [0.1, 0.15) is 24.9 Å². The highest BCUT2D eigenvalue weighted by Gasteiger charge is 2.52. The zero-order valence-electron chi connectivity index (χ0n) is 22.5. The molecule has 0 amide bonds. The Morgan fingerprint density at radius 3 is 2.23 bits per heavy atom. The molecule has 9 nitrogen and oxygen atoms in total. The summed E-state index contributed by atoms with van der Waals surface area (Å²) in [5.41, 5.74) is 1.60. The highest BCUT2D eigenvalue weighted by molar-refractivity contribution is 6.74. The summed E-state index contributed by atoms with van der Waals surface area (Å²) in [6.45, 7) is 21.9. The van der Waals surface area contributed by atoms with Gasteiger partial charge in [-0.1, -0.05) is 41.5 Å². The van der Waals surface area contributed by atoms with Crippen LogP contribution in [0.1, 0.15) is 47.8 Å². The lowest BCUT2D eigenvalue weighted by Crippen LogP contribution is -2.50. The van der Waals surface area contributed by atoms with E-state index in [1.807, 2.05) is 0 Å². The number of ether oxygens (including phenoxy) is 1. The minimum Gasteiger partial charge on any atom is -0.414 e. The third-order valence-electron chi connectivity index (χ3n) is 8.05. The largest absolute Gasteiger partial charge is 0.414 e. The fraction of sp³-hybridized carbons (Fsp3) is 0.739.